The van der Waals surface area contributed by atoms with Crippen LogP contribution in [0.5, 0.6) is 0 Å². The summed E-state index contributed by atoms with van der Waals surface area (Å²) in [5, 5.41) is 17.8. The number of aromatic amines is 1. The molecule has 0 aromatic carbocycles. The highest BCUT2D eigenvalue weighted by atomic mass is 16.4. The molecule has 0 saturated heterocycles. The van der Waals surface area contributed by atoms with Gasteiger partial charge in [-0.2, -0.15) is 0 Å². The van der Waals surface area contributed by atoms with Gasteiger partial charge >= 0.3 is 5.97 Å². The summed E-state index contributed by atoms with van der Waals surface area (Å²) in [6, 6.07) is 0. The number of H-pyrrole nitrogens is 1. The van der Waals surface area contributed by atoms with E-state index in [9.17, 15) is 9.59 Å². The van der Waals surface area contributed by atoms with Crippen LogP contribution in [0.3, 0.4) is 0 Å². The summed E-state index contributed by atoms with van der Waals surface area (Å²) in [6.07, 6.45) is 3.47. The van der Waals surface area contributed by atoms with E-state index in [1.807, 2.05) is 6.92 Å². The minimum Gasteiger partial charge on any atom is -0.476 e. The van der Waals surface area contributed by atoms with Crippen LogP contribution in [0.25, 0.3) is 0 Å². The van der Waals surface area contributed by atoms with Gasteiger partial charge in [0.2, 0.25) is 5.82 Å². The minimum absolute atomic E-state index is 0.0297. The van der Waals surface area contributed by atoms with Crippen molar-refractivity contribution in [3.63, 3.8) is 0 Å². The van der Waals surface area contributed by atoms with Crippen LogP contribution in [-0.4, -0.2) is 48.3 Å². The first kappa shape index (κ1) is 13.7. The number of carbonyl (C=O) groups excluding carboxylic acids is 1. The van der Waals surface area contributed by atoms with Crippen LogP contribution in [0.2, 0.25) is 0 Å². The number of carbonyl (C=O) groups is 2. The molecular weight excluding hydrogens is 264 g/mol. The number of hydrogen-bond donors (Lipinski definition) is 3. The van der Waals surface area contributed by atoms with Crippen LogP contribution in [0.1, 0.15) is 33.9 Å². The summed E-state index contributed by atoms with van der Waals surface area (Å²) in [5.41, 5.74) is -0.0297. The van der Waals surface area contributed by atoms with Crippen molar-refractivity contribution in [2.24, 2.45) is 0 Å². The Morgan fingerprint density at radius 1 is 1.50 bits per heavy atom. The van der Waals surface area contributed by atoms with Crippen LogP contribution in [0, 0.1) is 0 Å². The maximum absolute atomic E-state index is 11.7. The van der Waals surface area contributed by atoms with Crippen LogP contribution in [-0.2, 0) is 13.0 Å². The zero-order valence-electron chi connectivity index (χ0n) is 10.8. The Morgan fingerprint density at radius 3 is 2.90 bits per heavy atom. The molecule has 0 aliphatic carbocycles. The SMILES string of the molecule is CCc1nc(C(=O)NCCn2cnc(C(=O)O)c2)n[nH]1. The van der Waals surface area contributed by atoms with Gasteiger partial charge in [0.25, 0.3) is 5.91 Å². The molecule has 0 aliphatic heterocycles. The maximum Gasteiger partial charge on any atom is 0.356 e. The zero-order valence-corrected chi connectivity index (χ0v) is 10.8. The molecule has 0 radical (unpaired) electrons. The summed E-state index contributed by atoms with van der Waals surface area (Å²) >= 11 is 0. The van der Waals surface area contributed by atoms with Crippen molar-refractivity contribution in [3.05, 3.63) is 29.9 Å². The maximum atomic E-state index is 11.7. The molecule has 0 unspecified atom stereocenters. The van der Waals surface area contributed by atoms with Crippen molar-refractivity contribution in [2.45, 2.75) is 19.9 Å². The van der Waals surface area contributed by atoms with E-state index in [4.69, 9.17) is 5.11 Å². The molecule has 20 heavy (non-hydrogen) atoms. The van der Waals surface area contributed by atoms with Crippen molar-refractivity contribution in [2.75, 3.05) is 6.54 Å². The number of amides is 1. The van der Waals surface area contributed by atoms with Gasteiger partial charge in [0.15, 0.2) is 5.69 Å². The number of carboxylic acid groups (broad SMARTS) is 1. The molecule has 1 amide bonds. The van der Waals surface area contributed by atoms with Crippen molar-refractivity contribution >= 4 is 11.9 Å². The Morgan fingerprint density at radius 2 is 2.30 bits per heavy atom. The first-order chi connectivity index (χ1) is 9.60. The Balaban J connectivity index is 1.82. The highest BCUT2D eigenvalue weighted by molar-refractivity contribution is 5.90. The van der Waals surface area contributed by atoms with Gasteiger partial charge in [0, 0.05) is 25.7 Å². The van der Waals surface area contributed by atoms with Gasteiger partial charge in [0.05, 0.1) is 6.33 Å². The average molecular weight is 278 g/mol. The van der Waals surface area contributed by atoms with E-state index in [0.29, 0.717) is 25.3 Å². The molecule has 9 nitrogen and oxygen atoms in total. The third kappa shape index (κ3) is 3.19. The third-order valence-corrected chi connectivity index (χ3v) is 2.58. The number of imidazole rings is 1. The molecule has 0 spiro atoms. The molecular formula is C11H14N6O3. The van der Waals surface area contributed by atoms with Gasteiger partial charge in [-0.15, -0.1) is 5.10 Å². The number of carboxylic acids is 1. The Kier molecular flexibility index (Phi) is 4.08. The van der Waals surface area contributed by atoms with E-state index in [0.717, 1.165) is 0 Å². The molecule has 2 rings (SSSR count). The number of nitrogens with zero attached hydrogens (tertiary/aromatic N) is 4. The monoisotopic (exact) mass is 278 g/mol. The van der Waals surface area contributed by atoms with Gasteiger partial charge in [0.1, 0.15) is 5.82 Å². The first-order valence-corrected chi connectivity index (χ1v) is 6.04. The van der Waals surface area contributed by atoms with Crippen LogP contribution >= 0.6 is 0 Å². The molecule has 9 heteroatoms. The number of rotatable bonds is 6. The Bertz CT molecular complexity index is 617. The molecule has 0 fully saturated rings. The fraction of sp³-hybridized carbons (Fsp3) is 0.364. The van der Waals surface area contributed by atoms with Crippen LogP contribution < -0.4 is 5.32 Å². The van der Waals surface area contributed by atoms with Crippen LogP contribution in [0.15, 0.2) is 12.5 Å². The summed E-state index contributed by atoms with van der Waals surface area (Å²) < 4.78 is 1.58. The second-order valence-electron chi connectivity index (χ2n) is 4.02. The summed E-state index contributed by atoms with van der Waals surface area (Å²) in [6.45, 7) is 2.64. The Labute approximate surface area is 114 Å². The van der Waals surface area contributed by atoms with Crippen molar-refractivity contribution < 1.29 is 14.7 Å². The smallest absolute Gasteiger partial charge is 0.356 e. The minimum atomic E-state index is -1.08. The standard InChI is InChI=1S/C11H14N6O3/c1-2-8-14-9(16-15-8)10(18)12-3-4-17-5-7(11(19)20)13-6-17/h5-6H,2-4H2,1H3,(H,12,18)(H,19,20)(H,14,15,16). The van der Waals surface area contributed by atoms with Gasteiger partial charge in [-0.1, -0.05) is 6.92 Å². The van der Waals surface area contributed by atoms with Crippen molar-refractivity contribution in [3.8, 4) is 0 Å². The largest absolute Gasteiger partial charge is 0.476 e. The normalized spacial score (nSPS) is 10.4. The molecule has 0 atom stereocenters. The summed E-state index contributed by atoms with van der Waals surface area (Å²) in [5.74, 6) is -0.713. The first-order valence-electron chi connectivity index (χ1n) is 6.04. The molecule has 0 saturated carbocycles. The lowest BCUT2D eigenvalue weighted by molar-refractivity contribution is 0.0690. The third-order valence-electron chi connectivity index (χ3n) is 2.58. The fourth-order valence-corrected chi connectivity index (χ4v) is 1.53. The number of aromatic nitrogens is 5. The second-order valence-corrected chi connectivity index (χ2v) is 4.02. The fourth-order valence-electron chi connectivity index (χ4n) is 1.53. The molecule has 0 aliphatic rings. The number of aromatic carboxylic acids is 1. The van der Waals surface area contributed by atoms with Crippen molar-refractivity contribution in [1.29, 1.82) is 0 Å². The van der Waals surface area contributed by atoms with Gasteiger partial charge in [-0.25, -0.2) is 14.8 Å². The van der Waals surface area contributed by atoms with Crippen molar-refractivity contribution in [1.82, 2.24) is 30.0 Å². The predicted octanol–water partition coefficient (Wildman–Crippen LogP) is -0.308. The van der Waals surface area contributed by atoms with Gasteiger partial charge in [-0.3, -0.25) is 9.89 Å². The molecule has 106 valence electrons. The van der Waals surface area contributed by atoms with E-state index >= 15 is 0 Å². The molecule has 2 heterocycles. The van der Waals surface area contributed by atoms with E-state index in [1.165, 1.54) is 12.5 Å². The Hall–Kier alpha value is -2.71. The van der Waals surface area contributed by atoms with Gasteiger partial charge < -0.3 is 15.0 Å². The topological polar surface area (TPSA) is 126 Å². The highest BCUT2D eigenvalue weighted by Crippen LogP contribution is 1.96. The lowest BCUT2D eigenvalue weighted by Gasteiger charge is -2.02. The average Bonchev–Trinajstić information content (AvgIpc) is 3.07. The van der Waals surface area contributed by atoms with E-state index in [1.54, 1.807) is 4.57 Å². The summed E-state index contributed by atoms with van der Waals surface area (Å²) in [7, 11) is 0. The number of nitrogens with one attached hydrogen (secondary N) is 2. The number of hydrogen-bond acceptors (Lipinski definition) is 5. The zero-order chi connectivity index (χ0) is 14.5. The van der Waals surface area contributed by atoms with Crippen LogP contribution in [0.4, 0.5) is 0 Å². The number of aryl methyl sites for hydroxylation is 1. The lowest BCUT2D eigenvalue weighted by atomic mass is 10.4. The summed E-state index contributed by atoms with van der Waals surface area (Å²) in [4.78, 5) is 30.1. The molecule has 3 N–H and O–H groups in total. The van der Waals surface area contributed by atoms with Gasteiger partial charge in [-0.05, 0) is 0 Å². The molecule has 0 bridgehead atoms. The second kappa shape index (κ2) is 5.95. The van der Waals surface area contributed by atoms with E-state index in [2.05, 4.69) is 25.5 Å². The van der Waals surface area contributed by atoms with E-state index < -0.39 is 5.97 Å². The molecule has 2 aromatic rings. The lowest BCUT2D eigenvalue weighted by Crippen LogP contribution is -2.28. The van der Waals surface area contributed by atoms with E-state index in [-0.39, 0.29) is 17.4 Å². The predicted molar refractivity (Wildman–Crippen MR) is 67.3 cm³/mol. The highest BCUT2D eigenvalue weighted by Gasteiger charge is 2.11. The quantitative estimate of drug-likeness (QED) is 0.665. The molecule has 2 aromatic heterocycles.